The lowest BCUT2D eigenvalue weighted by molar-refractivity contribution is -0.143. The molecule has 11 heteroatoms. The molecule has 0 aliphatic rings. The van der Waals surface area contributed by atoms with E-state index in [1.807, 2.05) is 46.8 Å². The van der Waals surface area contributed by atoms with Crippen molar-refractivity contribution in [2.75, 3.05) is 11.3 Å². The monoisotopic (exact) mass is 586 g/mol. The van der Waals surface area contributed by atoms with Crippen LogP contribution in [0.1, 0.15) is 58.8 Å². The lowest BCUT2D eigenvalue weighted by atomic mass is 9.98. The second-order valence-corrected chi connectivity index (χ2v) is 12.5. The van der Waals surface area contributed by atoms with Gasteiger partial charge in [-0.25, -0.2) is 8.42 Å². The molecule has 2 N–H and O–H groups in total. The molecule has 2 amide bonds. The molecule has 41 heavy (non-hydrogen) atoms. The standard InChI is InChI=1S/C30H39FN4O5S/c1-7-10-26(36)35(28(20(4)5)30(37)32-17-19(2)3)18-22-13-15-23(16-14-22)24-11-8-9-12-25(24)41(38,39)34-29-27(31)21(6)40-33-29/h8-9,11-16,19-20,28H,7,10,17-18H2,1-6H3,(H,32,37)(H,33,34). The maximum Gasteiger partial charge on any atom is 0.263 e. The third-order valence-corrected chi connectivity index (χ3v) is 7.92. The van der Waals surface area contributed by atoms with Gasteiger partial charge in [0.1, 0.15) is 6.04 Å². The van der Waals surface area contributed by atoms with Crippen LogP contribution in [0.25, 0.3) is 11.1 Å². The molecule has 9 nitrogen and oxygen atoms in total. The summed E-state index contributed by atoms with van der Waals surface area (Å²) in [4.78, 5) is 27.9. The molecule has 0 saturated carbocycles. The Hall–Kier alpha value is -3.73. The van der Waals surface area contributed by atoms with Gasteiger partial charge in [0.25, 0.3) is 10.0 Å². The highest BCUT2D eigenvalue weighted by molar-refractivity contribution is 7.92. The summed E-state index contributed by atoms with van der Waals surface area (Å²) in [6.07, 6.45) is 0.979. The fraction of sp³-hybridized carbons (Fsp3) is 0.433. The van der Waals surface area contributed by atoms with E-state index >= 15 is 0 Å². The largest absolute Gasteiger partial charge is 0.356 e. The van der Waals surface area contributed by atoms with Gasteiger partial charge >= 0.3 is 0 Å². The number of rotatable bonds is 13. The van der Waals surface area contributed by atoms with Crippen molar-refractivity contribution in [2.24, 2.45) is 11.8 Å². The Kier molecular flexibility index (Phi) is 10.7. The minimum atomic E-state index is -4.20. The molecule has 222 valence electrons. The van der Waals surface area contributed by atoms with Gasteiger partial charge in [0, 0.05) is 25.1 Å². The predicted octanol–water partition coefficient (Wildman–Crippen LogP) is 5.52. The average Bonchev–Trinajstić information content (AvgIpc) is 3.23. The number of carbonyl (C=O) groups is 2. The first kappa shape index (κ1) is 31.8. The van der Waals surface area contributed by atoms with Gasteiger partial charge in [-0.2, -0.15) is 4.39 Å². The van der Waals surface area contributed by atoms with E-state index in [2.05, 4.69) is 15.2 Å². The highest BCUT2D eigenvalue weighted by Crippen LogP contribution is 2.30. The van der Waals surface area contributed by atoms with Gasteiger partial charge in [-0.3, -0.25) is 14.3 Å². The highest BCUT2D eigenvalue weighted by Gasteiger charge is 2.32. The summed E-state index contributed by atoms with van der Waals surface area (Å²) in [5.41, 5.74) is 1.80. The molecular weight excluding hydrogens is 547 g/mol. The van der Waals surface area contributed by atoms with Crippen LogP contribution < -0.4 is 10.0 Å². The Morgan fingerprint density at radius 1 is 1.05 bits per heavy atom. The van der Waals surface area contributed by atoms with E-state index < -0.39 is 27.7 Å². The van der Waals surface area contributed by atoms with Crippen molar-refractivity contribution in [1.29, 1.82) is 0 Å². The maximum absolute atomic E-state index is 14.2. The molecule has 0 spiro atoms. The quantitative estimate of drug-likeness (QED) is 0.272. The predicted molar refractivity (Wildman–Crippen MR) is 156 cm³/mol. The number of hydrogen-bond donors (Lipinski definition) is 2. The second kappa shape index (κ2) is 13.8. The van der Waals surface area contributed by atoms with Gasteiger partial charge in [-0.1, -0.05) is 82.2 Å². The smallest absolute Gasteiger partial charge is 0.263 e. The van der Waals surface area contributed by atoms with Gasteiger partial charge in [0.2, 0.25) is 23.4 Å². The van der Waals surface area contributed by atoms with Crippen molar-refractivity contribution in [3.63, 3.8) is 0 Å². The number of nitrogens with one attached hydrogen (secondary N) is 2. The number of aromatic nitrogens is 1. The normalized spacial score (nSPS) is 12.4. The zero-order chi connectivity index (χ0) is 30.3. The molecule has 3 rings (SSSR count). The summed E-state index contributed by atoms with van der Waals surface area (Å²) < 4.78 is 47.4. The molecule has 3 aromatic rings. The topological polar surface area (TPSA) is 122 Å². The summed E-state index contributed by atoms with van der Waals surface area (Å²) in [6.45, 7) is 11.9. The van der Waals surface area contributed by atoms with Crippen molar-refractivity contribution in [3.8, 4) is 11.1 Å². The molecule has 1 atom stereocenters. The summed E-state index contributed by atoms with van der Waals surface area (Å²) >= 11 is 0. The molecule has 0 aliphatic carbocycles. The molecule has 1 unspecified atom stereocenters. The number of amides is 2. The molecule has 0 bridgehead atoms. The Morgan fingerprint density at radius 3 is 2.27 bits per heavy atom. The number of aryl methyl sites for hydroxylation is 1. The number of carbonyl (C=O) groups excluding carboxylic acids is 2. The summed E-state index contributed by atoms with van der Waals surface area (Å²) in [7, 11) is -4.20. The van der Waals surface area contributed by atoms with Gasteiger partial charge in [-0.05, 0) is 42.4 Å². The number of anilines is 1. The molecule has 1 heterocycles. The number of sulfonamides is 1. The molecule has 0 radical (unpaired) electrons. The fourth-order valence-electron chi connectivity index (χ4n) is 4.45. The molecule has 0 saturated heterocycles. The lowest BCUT2D eigenvalue weighted by Gasteiger charge is -2.34. The van der Waals surface area contributed by atoms with Crippen LogP contribution in [0.15, 0.2) is 57.9 Å². The van der Waals surface area contributed by atoms with Gasteiger partial charge in [0.15, 0.2) is 5.76 Å². The molecule has 0 fully saturated rings. The summed E-state index contributed by atoms with van der Waals surface area (Å²) in [6, 6.07) is 12.9. The van der Waals surface area contributed by atoms with E-state index in [0.29, 0.717) is 30.5 Å². The van der Waals surface area contributed by atoms with Crippen LogP contribution >= 0.6 is 0 Å². The highest BCUT2D eigenvalue weighted by atomic mass is 32.2. The second-order valence-electron chi connectivity index (χ2n) is 10.8. The Bertz CT molecular complexity index is 1450. The van der Waals surface area contributed by atoms with E-state index in [9.17, 15) is 22.4 Å². The van der Waals surface area contributed by atoms with Crippen LogP contribution in [0.4, 0.5) is 10.2 Å². The fourth-order valence-corrected chi connectivity index (χ4v) is 5.67. The van der Waals surface area contributed by atoms with Gasteiger partial charge in [-0.15, -0.1) is 0 Å². The molecule has 2 aromatic carbocycles. The van der Waals surface area contributed by atoms with Crippen LogP contribution in [0, 0.1) is 24.6 Å². The van der Waals surface area contributed by atoms with Crippen LogP contribution in [-0.2, 0) is 26.2 Å². The van der Waals surface area contributed by atoms with Crippen molar-refractivity contribution in [3.05, 3.63) is 65.7 Å². The van der Waals surface area contributed by atoms with E-state index in [1.165, 1.54) is 13.0 Å². The maximum atomic E-state index is 14.2. The molecule has 0 aliphatic heterocycles. The number of nitrogens with zero attached hydrogens (tertiary/aromatic N) is 2. The SMILES string of the molecule is CCCC(=O)N(Cc1ccc(-c2ccccc2S(=O)(=O)Nc2noc(C)c2F)cc1)C(C(=O)NCC(C)C)C(C)C. The van der Waals surface area contributed by atoms with E-state index in [0.717, 1.165) is 5.56 Å². The first-order chi connectivity index (χ1) is 19.4. The van der Waals surface area contributed by atoms with Crippen LogP contribution in [0.5, 0.6) is 0 Å². The minimum Gasteiger partial charge on any atom is -0.356 e. The Labute approximate surface area is 241 Å². The third-order valence-electron chi connectivity index (χ3n) is 6.52. The zero-order valence-corrected chi connectivity index (χ0v) is 25.2. The van der Waals surface area contributed by atoms with Gasteiger partial charge < -0.3 is 14.7 Å². The van der Waals surface area contributed by atoms with Crippen molar-refractivity contribution in [1.82, 2.24) is 15.4 Å². The van der Waals surface area contributed by atoms with Crippen LogP contribution in [-0.4, -0.2) is 42.9 Å². The van der Waals surface area contributed by atoms with Crippen molar-refractivity contribution >= 4 is 27.7 Å². The first-order valence-corrected chi connectivity index (χ1v) is 15.2. The number of halogens is 1. The number of benzene rings is 2. The summed E-state index contributed by atoms with van der Waals surface area (Å²) in [5, 5.41) is 6.42. The molecule has 1 aromatic heterocycles. The summed E-state index contributed by atoms with van der Waals surface area (Å²) in [5.74, 6) is -1.63. The first-order valence-electron chi connectivity index (χ1n) is 13.8. The number of hydrogen-bond acceptors (Lipinski definition) is 6. The van der Waals surface area contributed by atoms with Crippen molar-refractivity contribution in [2.45, 2.75) is 71.9 Å². The van der Waals surface area contributed by atoms with E-state index in [-0.39, 0.29) is 40.9 Å². The van der Waals surface area contributed by atoms with Crippen LogP contribution in [0.3, 0.4) is 0 Å². The van der Waals surface area contributed by atoms with Gasteiger partial charge in [0.05, 0.1) is 4.90 Å². The minimum absolute atomic E-state index is 0.0609. The zero-order valence-electron chi connectivity index (χ0n) is 24.4. The van der Waals surface area contributed by atoms with E-state index in [1.54, 1.807) is 35.2 Å². The van der Waals surface area contributed by atoms with Crippen molar-refractivity contribution < 1.29 is 26.9 Å². The molecular formula is C30H39FN4O5S. The Balaban J connectivity index is 1.90. The lowest BCUT2D eigenvalue weighted by Crippen LogP contribution is -2.52. The Morgan fingerprint density at radius 2 is 1.71 bits per heavy atom. The third kappa shape index (κ3) is 7.93. The van der Waals surface area contributed by atoms with E-state index in [4.69, 9.17) is 4.52 Å². The average molecular weight is 587 g/mol. The van der Waals surface area contributed by atoms with Crippen LogP contribution in [0.2, 0.25) is 0 Å².